The number of ether oxygens (including phenoxy) is 2. The summed E-state index contributed by atoms with van der Waals surface area (Å²) in [4.78, 5) is 25.6. The van der Waals surface area contributed by atoms with Crippen LogP contribution >= 0.6 is 0 Å². The van der Waals surface area contributed by atoms with Crippen LogP contribution in [0.1, 0.15) is 35.8 Å². The first kappa shape index (κ1) is 20.6. The van der Waals surface area contributed by atoms with Gasteiger partial charge in [-0.25, -0.2) is 0 Å². The van der Waals surface area contributed by atoms with Gasteiger partial charge in [0.15, 0.2) is 5.75 Å². The molecular weight excluding hydrogens is 374 g/mol. The van der Waals surface area contributed by atoms with Crippen LogP contribution in [0.4, 0.5) is 11.4 Å². The van der Waals surface area contributed by atoms with Crippen molar-refractivity contribution in [2.45, 2.75) is 19.9 Å². The number of anilines is 1. The summed E-state index contributed by atoms with van der Waals surface area (Å²) in [6.07, 6.45) is 0. The van der Waals surface area contributed by atoms with Crippen LogP contribution in [-0.4, -0.2) is 43.7 Å². The zero-order valence-corrected chi connectivity index (χ0v) is 16.6. The first-order valence-electron chi connectivity index (χ1n) is 9.64. The second kappa shape index (κ2) is 9.38. The minimum Gasteiger partial charge on any atom is -0.487 e. The summed E-state index contributed by atoms with van der Waals surface area (Å²) < 4.78 is 10.6. The first-order chi connectivity index (χ1) is 14.0. The van der Waals surface area contributed by atoms with Crippen LogP contribution in [0.2, 0.25) is 0 Å². The Morgan fingerprint density at radius 1 is 1.24 bits per heavy atom. The number of morpholine rings is 1. The highest BCUT2D eigenvalue weighted by molar-refractivity contribution is 5.95. The Morgan fingerprint density at radius 2 is 1.93 bits per heavy atom. The van der Waals surface area contributed by atoms with E-state index in [-0.39, 0.29) is 28.9 Å². The summed E-state index contributed by atoms with van der Waals surface area (Å²) in [5, 5.41) is 14.2. The third-order valence-electron chi connectivity index (χ3n) is 4.83. The molecule has 1 aliphatic heterocycles. The number of hydrogen-bond acceptors (Lipinski definition) is 6. The van der Waals surface area contributed by atoms with Crippen molar-refractivity contribution in [3.8, 4) is 5.75 Å². The smallest absolute Gasteiger partial charge is 0.311 e. The molecule has 1 unspecified atom stereocenters. The number of rotatable bonds is 7. The van der Waals surface area contributed by atoms with E-state index in [0.717, 1.165) is 37.6 Å². The number of benzene rings is 2. The first-order valence-corrected chi connectivity index (χ1v) is 9.64. The molecule has 1 saturated heterocycles. The van der Waals surface area contributed by atoms with Gasteiger partial charge in [0, 0.05) is 30.4 Å². The van der Waals surface area contributed by atoms with Crippen molar-refractivity contribution in [1.82, 2.24) is 5.32 Å². The molecule has 1 heterocycles. The van der Waals surface area contributed by atoms with Gasteiger partial charge in [-0.3, -0.25) is 14.9 Å². The second-order valence-electron chi connectivity index (χ2n) is 6.76. The van der Waals surface area contributed by atoms with Crippen LogP contribution in [0.5, 0.6) is 5.75 Å². The zero-order chi connectivity index (χ0) is 20.8. The lowest BCUT2D eigenvalue weighted by Gasteiger charge is -2.29. The summed E-state index contributed by atoms with van der Waals surface area (Å²) in [6.45, 7) is 7.11. The minimum absolute atomic E-state index is 0.154. The molecule has 154 valence electrons. The Hall–Kier alpha value is -3.13. The van der Waals surface area contributed by atoms with E-state index in [4.69, 9.17) is 9.47 Å². The van der Waals surface area contributed by atoms with Crippen molar-refractivity contribution in [3.63, 3.8) is 0 Å². The topological polar surface area (TPSA) is 93.9 Å². The fourth-order valence-electron chi connectivity index (χ4n) is 3.24. The highest BCUT2D eigenvalue weighted by atomic mass is 16.6. The monoisotopic (exact) mass is 399 g/mol. The summed E-state index contributed by atoms with van der Waals surface area (Å²) >= 11 is 0. The molecule has 0 radical (unpaired) electrons. The molecule has 2 aromatic carbocycles. The van der Waals surface area contributed by atoms with Gasteiger partial charge in [-0.15, -0.1) is 0 Å². The lowest BCUT2D eigenvalue weighted by atomic mass is 10.1. The number of hydrogen-bond donors (Lipinski definition) is 1. The number of nitro groups is 1. The maximum absolute atomic E-state index is 12.6. The average Bonchev–Trinajstić information content (AvgIpc) is 2.74. The highest BCUT2D eigenvalue weighted by Crippen LogP contribution is 2.28. The van der Waals surface area contributed by atoms with Crippen LogP contribution in [0.15, 0.2) is 42.5 Å². The third kappa shape index (κ3) is 5.03. The molecule has 0 saturated carbocycles. The fourth-order valence-corrected chi connectivity index (χ4v) is 3.24. The van der Waals surface area contributed by atoms with Crippen molar-refractivity contribution < 1.29 is 19.2 Å². The Labute approximate surface area is 169 Å². The summed E-state index contributed by atoms with van der Waals surface area (Å²) in [6, 6.07) is 12.0. The van der Waals surface area contributed by atoms with Gasteiger partial charge < -0.3 is 19.7 Å². The van der Waals surface area contributed by atoms with Gasteiger partial charge in [-0.2, -0.15) is 0 Å². The molecule has 1 fully saturated rings. The maximum atomic E-state index is 12.6. The predicted molar refractivity (Wildman–Crippen MR) is 110 cm³/mol. The maximum Gasteiger partial charge on any atom is 0.311 e. The molecule has 1 atom stereocenters. The van der Waals surface area contributed by atoms with Crippen molar-refractivity contribution in [1.29, 1.82) is 0 Å². The zero-order valence-electron chi connectivity index (χ0n) is 16.6. The third-order valence-corrected chi connectivity index (χ3v) is 4.83. The Kier molecular flexibility index (Phi) is 6.66. The van der Waals surface area contributed by atoms with E-state index in [0.29, 0.717) is 6.61 Å². The quantitative estimate of drug-likeness (QED) is 0.567. The van der Waals surface area contributed by atoms with E-state index >= 15 is 0 Å². The molecule has 2 aromatic rings. The second-order valence-corrected chi connectivity index (χ2v) is 6.76. The van der Waals surface area contributed by atoms with E-state index in [1.807, 2.05) is 31.2 Å². The largest absolute Gasteiger partial charge is 0.487 e. The van der Waals surface area contributed by atoms with Gasteiger partial charge in [0.1, 0.15) is 0 Å². The van der Waals surface area contributed by atoms with Crippen LogP contribution in [-0.2, 0) is 4.74 Å². The number of amides is 1. The number of nitro benzene ring substituents is 1. The predicted octanol–water partition coefficient (Wildman–Crippen LogP) is 3.32. The van der Waals surface area contributed by atoms with Crippen molar-refractivity contribution in [2.75, 3.05) is 37.8 Å². The van der Waals surface area contributed by atoms with Crippen LogP contribution in [0, 0.1) is 10.1 Å². The van der Waals surface area contributed by atoms with Crippen LogP contribution in [0.3, 0.4) is 0 Å². The van der Waals surface area contributed by atoms with Crippen LogP contribution < -0.4 is 15.0 Å². The Morgan fingerprint density at radius 3 is 2.55 bits per heavy atom. The lowest BCUT2D eigenvalue weighted by molar-refractivity contribution is -0.385. The molecular formula is C21H25N3O5. The fraction of sp³-hybridized carbons (Fsp3) is 0.381. The molecule has 0 spiro atoms. The number of nitrogens with zero attached hydrogens (tertiary/aromatic N) is 2. The van der Waals surface area contributed by atoms with E-state index in [1.54, 1.807) is 6.92 Å². The van der Waals surface area contributed by atoms with E-state index in [2.05, 4.69) is 10.2 Å². The SMILES string of the molecule is CCOc1ccc(C(=O)NC(C)c2ccc(N3CCOCC3)cc2)cc1[N+](=O)[O-]. The minimum atomic E-state index is -0.546. The van der Waals surface area contributed by atoms with Gasteiger partial charge in [0.2, 0.25) is 0 Å². The van der Waals surface area contributed by atoms with Crippen LogP contribution in [0.25, 0.3) is 0 Å². The Bertz CT molecular complexity index is 863. The van der Waals surface area contributed by atoms with E-state index < -0.39 is 4.92 Å². The highest BCUT2D eigenvalue weighted by Gasteiger charge is 2.20. The average molecular weight is 399 g/mol. The van der Waals surface area contributed by atoms with Gasteiger partial charge in [0.05, 0.1) is 30.8 Å². The molecule has 0 aliphatic carbocycles. The van der Waals surface area contributed by atoms with Gasteiger partial charge >= 0.3 is 5.69 Å². The molecule has 0 aromatic heterocycles. The standard InChI is InChI=1S/C21H25N3O5/c1-3-29-20-9-6-17(14-19(20)24(26)27)21(25)22-15(2)16-4-7-18(8-5-16)23-10-12-28-13-11-23/h4-9,14-15H,3,10-13H2,1-2H3,(H,22,25). The van der Waals surface area contributed by atoms with Crippen molar-refractivity contribution >= 4 is 17.3 Å². The summed E-state index contributed by atoms with van der Waals surface area (Å²) in [5.74, 6) is -0.221. The molecule has 0 bridgehead atoms. The van der Waals surface area contributed by atoms with Crippen molar-refractivity contribution in [3.05, 3.63) is 63.7 Å². The summed E-state index contributed by atoms with van der Waals surface area (Å²) in [5.41, 5.74) is 2.08. The molecule has 1 aliphatic rings. The molecule has 8 nitrogen and oxygen atoms in total. The van der Waals surface area contributed by atoms with Gasteiger partial charge in [-0.05, 0) is 43.7 Å². The normalized spacial score (nSPS) is 14.9. The number of carbonyl (C=O) groups is 1. The molecule has 8 heteroatoms. The van der Waals surface area contributed by atoms with Gasteiger partial charge in [0.25, 0.3) is 5.91 Å². The lowest BCUT2D eigenvalue weighted by Crippen LogP contribution is -2.36. The number of carbonyl (C=O) groups excluding carboxylic acids is 1. The molecule has 29 heavy (non-hydrogen) atoms. The molecule has 1 amide bonds. The summed E-state index contributed by atoms with van der Waals surface area (Å²) in [7, 11) is 0. The molecule has 1 N–H and O–H groups in total. The van der Waals surface area contributed by atoms with E-state index in [1.165, 1.54) is 18.2 Å². The van der Waals surface area contributed by atoms with E-state index in [9.17, 15) is 14.9 Å². The molecule has 3 rings (SSSR count). The number of nitrogens with one attached hydrogen (secondary N) is 1. The van der Waals surface area contributed by atoms with Crippen molar-refractivity contribution in [2.24, 2.45) is 0 Å². The van der Waals surface area contributed by atoms with Gasteiger partial charge in [-0.1, -0.05) is 12.1 Å². The Balaban J connectivity index is 1.68.